The molecule has 0 spiro atoms. The van der Waals surface area contributed by atoms with Crippen LogP contribution in [0.3, 0.4) is 0 Å². The van der Waals surface area contributed by atoms with Crippen molar-refractivity contribution >= 4 is 10.8 Å². The standard InChI is InChI=1S/C49H45NO3/c1-35-29-44-48(36(2)50(35)31-37-17-7-3-8-18-37)46(52-33-39-21-11-5-12-22-39)30-47(53-34-40-23-13-6-14-24-40)49(44)43-27-28-45(42-26-16-15-25-41(42)43)51-32-38-19-9-4-10-20-38/h3-28,30,35-36H,29,31-34H2,1-2H3/t35-,36-/m1/s1. The highest BCUT2D eigenvalue weighted by Gasteiger charge is 2.36. The van der Waals surface area contributed by atoms with Gasteiger partial charge in [0.05, 0.1) is 0 Å². The largest absolute Gasteiger partial charge is 0.488 e. The Bertz CT molecular complexity index is 2270. The van der Waals surface area contributed by atoms with E-state index < -0.39 is 0 Å². The molecule has 1 heterocycles. The maximum atomic E-state index is 6.89. The van der Waals surface area contributed by atoms with Crippen molar-refractivity contribution in [1.82, 2.24) is 4.90 Å². The van der Waals surface area contributed by atoms with Crippen molar-refractivity contribution in [1.29, 1.82) is 0 Å². The third kappa shape index (κ3) is 7.55. The summed E-state index contributed by atoms with van der Waals surface area (Å²) in [5.74, 6) is 2.57. The first-order valence-electron chi connectivity index (χ1n) is 18.6. The molecule has 0 radical (unpaired) electrons. The SMILES string of the molecule is C[C@@H]1Cc2c(-c3ccc(OCc4ccccc4)c4ccccc34)c(OCc3ccccc3)cc(OCc3ccccc3)c2[C@@H](C)N1Cc1ccccc1. The molecule has 2 atom stereocenters. The van der Waals surface area contributed by atoms with Gasteiger partial charge in [0, 0.05) is 41.2 Å². The van der Waals surface area contributed by atoms with Gasteiger partial charge in [-0.25, -0.2) is 0 Å². The van der Waals surface area contributed by atoms with Crippen molar-refractivity contribution in [2.24, 2.45) is 0 Å². The Labute approximate surface area is 313 Å². The van der Waals surface area contributed by atoms with E-state index in [1.807, 2.05) is 18.2 Å². The molecule has 0 fully saturated rings. The monoisotopic (exact) mass is 695 g/mol. The summed E-state index contributed by atoms with van der Waals surface area (Å²) in [6.45, 7) is 6.98. The molecule has 0 bridgehead atoms. The number of hydrogen-bond donors (Lipinski definition) is 0. The average Bonchev–Trinajstić information content (AvgIpc) is 3.21. The first kappa shape index (κ1) is 34.3. The van der Waals surface area contributed by atoms with Crippen LogP contribution in [0.2, 0.25) is 0 Å². The fourth-order valence-corrected chi connectivity index (χ4v) is 7.77. The highest BCUT2D eigenvalue weighted by Crippen LogP contribution is 2.50. The minimum Gasteiger partial charge on any atom is -0.488 e. The zero-order valence-corrected chi connectivity index (χ0v) is 30.5. The highest BCUT2D eigenvalue weighted by atomic mass is 16.5. The second-order valence-electron chi connectivity index (χ2n) is 14.0. The number of fused-ring (bicyclic) bond motifs is 2. The van der Waals surface area contributed by atoms with Crippen LogP contribution >= 0.6 is 0 Å². The Kier molecular flexibility index (Phi) is 10.2. The minimum absolute atomic E-state index is 0.0985. The maximum Gasteiger partial charge on any atom is 0.131 e. The van der Waals surface area contributed by atoms with E-state index in [1.165, 1.54) is 16.7 Å². The lowest BCUT2D eigenvalue weighted by atomic mass is 9.81. The van der Waals surface area contributed by atoms with E-state index in [4.69, 9.17) is 14.2 Å². The molecule has 0 aliphatic carbocycles. The summed E-state index contributed by atoms with van der Waals surface area (Å²) in [6.07, 6.45) is 0.854. The highest BCUT2D eigenvalue weighted by molar-refractivity contribution is 6.02. The summed E-state index contributed by atoms with van der Waals surface area (Å²) >= 11 is 0. The molecule has 0 saturated carbocycles. The van der Waals surface area contributed by atoms with Gasteiger partial charge in [-0.1, -0.05) is 146 Å². The molecule has 0 N–H and O–H groups in total. The van der Waals surface area contributed by atoms with Crippen LogP contribution in [0.25, 0.3) is 21.9 Å². The maximum absolute atomic E-state index is 6.89. The van der Waals surface area contributed by atoms with E-state index >= 15 is 0 Å². The molecule has 0 aromatic heterocycles. The molecule has 7 aromatic rings. The second kappa shape index (κ2) is 15.8. The fourth-order valence-electron chi connectivity index (χ4n) is 7.77. The summed E-state index contributed by atoms with van der Waals surface area (Å²) in [5.41, 5.74) is 9.48. The molecule has 264 valence electrons. The van der Waals surface area contributed by atoms with Gasteiger partial charge in [0.1, 0.15) is 37.1 Å². The lowest BCUT2D eigenvalue weighted by Crippen LogP contribution is -2.41. The lowest BCUT2D eigenvalue weighted by molar-refractivity contribution is 0.125. The van der Waals surface area contributed by atoms with Crippen LogP contribution in [0.15, 0.2) is 164 Å². The van der Waals surface area contributed by atoms with Crippen LogP contribution in [0, 0.1) is 0 Å². The first-order valence-corrected chi connectivity index (χ1v) is 18.6. The molecular weight excluding hydrogens is 651 g/mol. The molecule has 4 heteroatoms. The molecule has 4 nitrogen and oxygen atoms in total. The predicted molar refractivity (Wildman–Crippen MR) is 215 cm³/mol. The summed E-state index contributed by atoms with van der Waals surface area (Å²) in [4.78, 5) is 2.61. The van der Waals surface area contributed by atoms with Crippen LogP contribution in [0.5, 0.6) is 17.2 Å². The zero-order chi connectivity index (χ0) is 36.0. The van der Waals surface area contributed by atoms with Crippen molar-refractivity contribution in [3.05, 3.63) is 197 Å². The minimum atomic E-state index is 0.0985. The number of hydrogen-bond acceptors (Lipinski definition) is 4. The molecule has 0 saturated heterocycles. The summed E-state index contributed by atoms with van der Waals surface area (Å²) in [6, 6.07) is 57.4. The van der Waals surface area contributed by atoms with E-state index in [0.717, 1.165) is 68.8 Å². The van der Waals surface area contributed by atoms with E-state index in [9.17, 15) is 0 Å². The van der Waals surface area contributed by atoms with E-state index in [-0.39, 0.29) is 12.1 Å². The van der Waals surface area contributed by atoms with Crippen molar-refractivity contribution < 1.29 is 14.2 Å². The van der Waals surface area contributed by atoms with Crippen LogP contribution in [0.1, 0.15) is 53.3 Å². The van der Waals surface area contributed by atoms with E-state index in [0.29, 0.717) is 19.8 Å². The molecular formula is C49H45NO3. The van der Waals surface area contributed by atoms with Gasteiger partial charge in [0.15, 0.2) is 0 Å². The number of rotatable bonds is 12. The Morgan fingerprint density at radius 1 is 0.491 bits per heavy atom. The second-order valence-corrected chi connectivity index (χ2v) is 14.0. The molecule has 8 rings (SSSR count). The van der Waals surface area contributed by atoms with Crippen molar-refractivity contribution in [3.63, 3.8) is 0 Å². The Morgan fingerprint density at radius 3 is 1.53 bits per heavy atom. The molecule has 0 amide bonds. The third-order valence-electron chi connectivity index (χ3n) is 10.5. The van der Waals surface area contributed by atoms with Crippen LogP contribution in [-0.4, -0.2) is 10.9 Å². The number of ether oxygens (including phenoxy) is 3. The van der Waals surface area contributed by atoms with Gasteiger partial charge in [-0.2, -0.15) is 0 Å². The van der Waals surface area contributed by atoms with Gasteiger partial charge in [-0.15, -0.1) is 0 Å². The van der Waals surface area contributed by atoms with Crippen molar-refractivity contribution in [2.75, 3.05) is 0 Å². The molecule has 7 aromatic carbocycles. The van der Waals surface area contributed by atoms with Gasteiger partial charge in [0.25, 0.3) is 0 Å². The zero-order valence-electron chi connectivity index (χ0n) is 30.5. The Hall–Kier alpha value is -5.84. The Balaban J connectivity index is 1.28. The molecule has 1 aliphatic rings. The molecule has 0 unspecified atom stereocenters. The summed E-state index contributed by atoms with van der Waals surface area (Å²) in [7, 11) is 0. The van der Waals surface area contributed by atoms with Crippen molar-refractivity contribution in [2.45, 2.75) is 58.7 Å². The molecule has 53 heavy (non-hydrogen) atoms. The fraction of sp³-hybridized carbons (Fsp3) is 0.184. The summed E-state index contributed by atoms with van der Waals surface area (Å²) < 4.78 is 20.2. The van der Waals surface area contributed by atoms with Crippen LogP contribution in [0.4, 0.5) is 0 Å². The van der Waals surface area contributed by atoms with Gasteiger partial charge in [-0.05, 0) is 71.2 Å². The number of benzene rings is 7. The van der Waals surface area contributed by atoms with Crippen molar-refractivity contribution in [3.8, 4) is 28.4 Å². The predicted octanol–water partition coefficient (Wildman–Crippen LogP) is 11.8. The normalized spacial score (nSPS) is 15.5. The first-order chi connectivity index (χ1) is 26.1. The van der Waals surface area contributed by atoms with Gasteiger partial charge in [-0.3, -0.25) is 4.90 Å². The van der Waals surface area contributed by atoms with Crippen LogP contribution in [-0.2, 0) is 32.8 Å². The van der Waals surface area contributed by atoms with Gasteiger partial charge in [0.2, 0.25) is 0 Å². The Morgan fingerprint density at radius 2 is 0.962 bits per heavy atom. The lowest BCUT2D eigenvalue weighted by Gasteiger charge is -2.42. The topological polar surface area (TPSA) is 30.9 Å². The smallest absolute Gasteiger partial charge is 0.131 e. The van der Waals surface area contributed by atoms with E-state index in [2.05, 4.69) is 164 Å². The van der Waals surface area contributed by atoms with E-state index in [1.54, 1.807) is 0 Å². The number of nitrogens with zero attached hydrogens (tertiary/aromatic N) is 1. The van der Waals surface area contributed by atoms with Gasteiger partial charge >= 0.3 is 0 Å². The average molecular weight is 696 g/mol. The van der Waals surface area contributed by atoms with Gasteiger partial charge < -0.3 is 14.2 Å². The third-order valence-corrected chi connectivity index (χ3v) is 10.5. The quantitative estimate of drug-likeness (QED) is 0.127. The molecule has 1 aliphatic heterocycles. The van der Waals surface area contributed by atoms with Crippen LogP contribution < -0.4 is 14.2 Å². The summed E-state index contributed by atoms with van der Waals surface area (Å²) in [5, 5.41) is 2.21.